The van der Waals surface area contributed by atoms with Gasteiger partial charge in [-0.2, -0.15) is 5.10 Å². The molecule has 1 aliphatic rings. The van der Waals surface area contributed by atoms with Crippen LogP contribution in [0.15, 0.2) is 60.8 Å². The van der Waals surface area contributed by atoms with E-state index < -0.39 is 0 Å². The lowest BCUT2D eigenvalue weighted by molar-refractivity contribution is -0.121. The number of amides is 3. The monoisotopic (exact) mass is 518 g/mol. The van der Waals surface area contributed by atoms with Crippen LogP contribution in [0.4, 0.5) is 0 Å². The van der Waals surface area contributed by atoms with Gasteiger partial charge in [0.2, 0.25) is 5.91 Å². The number of pyridine rings is 1. The van der Waals surface area contributed by atoms with Gasteiger partial charge in [-0.3, -0.25) is 24.0 Å². The number of nitrogens with zero attached hydrogens (tertiary/aromatic N) is 5. The molecule has 0 radical (unpaired) electrons. The minimum atomic E-state index is -0.327. The number of carbonyl (C=O) groups is 3. The largest absolute Gasteiger partial charge is 0.383 e. The SMILES string of the molecule is COCCN(CCC(=O)NCCc1ccccn1)C(=O)c1cc2n(n1)CCCN(Cc1ccccc1)C2=O. The lowest BCUT2D eigenvalue weighted by atomic mass is 10.2. The fraction of sp³-hybridized carbons (Fsp3) is 0.393. The van der Waals surface area contributed by atoms with Gasteiger partial charge < -0.3 is 19.9 Å². The number of aromatic nitrogens is 3. The first-order valence-corrected chi connectivity index (χ1v) is 12.9. The Labute approximate surface area is 222 Å². The van der Waals surface area contributed by atoms with Gasteiger partial charge >= 0.3 is 0 Å². The van der Waals surface area contributed by atoms with Crippen molar-refractivity contribution in [1.29, 1.82) is 0 Å². The zero-order chi connectivity index (χ0) is 26.7. The molecule has 0 fully saturated rings. The van der Waals surface area contributed by atoms with E-state index in [1.807, 2.05) is 48.5 Å². The Kier molecular flexibility index (Phi) is 9.58. The number of benzene rings is 1. The fourth-order valence-electron chi connectivity index (χ4n) is 4.37. The van der Waals surface area contributed by atoms with Crippen molar-refractivity contribution in [2.75, 3.05) is 39.9 Å². The third-order valence-corrected chi connectivity index (χ3v) is 6.41. The Morgan fingerprint density at radius 1 is 1.08 bits per heavy atom. The molecule has 3 aromatic rings. The lowest BCUT2D eigenvalue weighted by Gasteiger charge is -2.21. The summed E-state index contributed by atoms with van der Waals surface area (Å²) in [6.07, 6.45) is 3.25. The van der Waals surface area contributed by atoms with E-state index in [0.717, 1.165) is 17.7 Å². The summed E-state index contributed by atoms with van der Waals surface area (Å²) in [4.78, 5) is 46.7. The number of aryl methyl sites for hydroxylation is 1. The highest BCUT2D eigenvalue weighted by Crippen LogP contribution is 2.18. The van der Waals surface area contributed by atoms with Crippen LogP contribution in [0, 0.1) is 0 Å². The van der Waals surface area contributed by atoms with Crippen molar-refractivity contribution in [1.82, 2.24) is 29.9 Å². The first-order valence-electron chi connectivity index (χ1n) is 12.9. The topological polar surface area (TPSA) is 110 Å². The van der Waals surface area contributed by atoms with Crippen molar-refractivity contribution >= 4 is 17.7 Å². The smallest absolute Gasteiger partial charge is 0.274 e. The summed E-state index contributed by atoms with van der Waals surface area (Å²) in [7, 11) is 1.56. The van der Waals surface area contributed by atoms with Crippen molar-refractivity contribution in [3.8, 4) is 0 Å². The standard InChI is InChI=1S/C28H34N6O4/c1-38-19-18-32(17-12-26(35)30-14-11-23-10-5-6-13-29-23)27(36)24-20-25-28(37)33(15-7-16-34(25)31-24)21-22-8-3-2-4-9-22/h2-6,8-10,13,20H,7,11-12,14-19,21H2,1H3,(H,30,35). The Balaban J connectivity index is 1.37. The normalized spacial score (nSPS) is 13.1. The third-order valence-electron chi connectivity index (χ3n) is 6.41. The Morgan fingerprint density at radius 2 is 1.89 bits per heavy atom. The molecule has 1 aliphatic heterocycles. The highest BCUT2D eigenvalue weighted by molar-refractivity contribution is 5.98. The van der Waals surface area contributed by atoms with Crippen LogP contribution in [0.3, 0.4) is 0 Å². The van der Waals surface area contributed by atoms with Crippen LogP contribution >= 0.6 is 0 Å². The van der Waals surface area contributed by atoms with Crippen LogP contribution in [0.25, 0.3) is 0 Å². The Hall–Kier alpha value is -4.05. The number of ether oxygens (including phenoxy) is 1. The maximum absolute atomic E-state index is 13.4. The molecule has 1 N–H and O–H groups in total. The number of methoxy groups -OCH3 is 1. The third kappa shape index (κ3) is 7.25. The summed E-state index contributed by atoms with van der Waals surface area (Å²) in [5.74, 6) is -0.622. The quantitative estimate of drug-likeness (QED) is 0.394. The second-order valence-electron chi connectivity index (χ2n) is 9.16. The maximum atomic E-state index is 13.4. The van der Waals surface area contributed by atoms with Crippen LogP contribution < -0.4 is 5.32 Å². The molecule has 2 aromatic heterocycles. The van der Waals surface area contributed by atoms with E-state index in [9.17, 15) is 14.4 Å². The van der Waals surface area contributed by atoms with Gasteiger partial charge in [0.15, 0.2) is 5.69 Å². The van der Waals surface area contributed by atoms with E-state index in [2.05, 4.69) is 15.4 Å². The maximum Gasteiger partial charge on any atom is 0.274 e. The van der Waals surface area contributed by atoms with Crippen molar-refractivity contribution in [3.05, 3.63) is 83.4 Å². The molecule has 4 rings (SSSR count). The van der Waals surface area contributed by atoms with Crippen LogP contribution in [0.1, 0.15) is 45.1 Å². The average molecular weight is 519 g/mol. The predicted molar refractivity (Wildman–Crippen MR) is 141 cm³/mol. The second kappa shape index (κ2) is 13.5. The molecule has 200 valence electrons. The highest BCUT2D eigenvalue weighted by atomic mass is 16.5. The Bertz CT molecular complexity index is 1210. The summed E-state index contributed by atoms with van der Waals surface area (Å²) >= 11 is 0. The summed E-state index contributed by atoms with van der Waals surface area (Å²) in [5, 5.41) is 7.35. The number of nitrogens with one attached hydrogen (secondary N) is 1. The van der Waals surface area contributed by atoms with Crippen molar-refractivity contribution < 1.29 is 19.1 Å². The lowest BCUT2D eigenvalue weighted by Crippen LogP contribution is -2.38. The van der Waals surface area contributed by atoms with Crippen molar-refractivity contribution in [2.24, 2.45) is 0 Å². The second-order valence-corrected chi connectivity index (χ2v) is 9.16. The van der Waals surface area contributed by atoms with E-state index in [-0.39, 0.29) is 36.4 Å². The van der Waals surface area contributed by atoms with E-state index in [4.69, 9.17) is 4.74 Å². The van der Waals surface area contributed by atoms with Crippen molar-refractivity contribution in [3.63, 3.8) is 0 Å². The number of fused-ring (bicyclic) bond motifs is 1. The molecule has 0 spiro atoms. The molecule has 0 saturated heterocycles. The molecule has 0 bridgehead atoms. The zero-order valence-corrected chi connectivity index (χ0v) is 21.7. The summed E-state index contributed by atoms with van der Waals surface area (Å²) < 4.78 is 6.80. The minimum absolute atomic E-state index is 0.145. The summed E-state index contributed by atoms with van der Waals surface area (Å²) in [6, 6.07) is 17.1. The number of hydrogen-bond donors (Lipinski definition) is 1. The van der Waals surface area contributed by atoms with E-state index >= 15 is 0 Å². The molecular formula is C28H34N6O4. The molecule has 0 unspecified atom stereocenters. The van der Waals surface area contributed by atoms with Gasteiger partial charge in [0.1, 0.15) is 5.69 Å². The zero-order valence-electron chi connectivity index (χ0n) is 21.7. The summed E-state index contributed by atoms with van der Waals surface area (Å²) in [5.41, 5.74) is 2.55. The number of rotatable bonds is 12. The van der Waals surface area contributed by atoms with Gasteiger partial charge in [-0.1, -0.05) is 36.4 Å². The molecule has 10 nitrogen and oxygen atoms in total. The van der Waals surface area contributed by atoms with E-state index in [0.29, 0.717) is 51.4 Å². The molecule has 10 heteroatoms. The fourth-order valence-corrected chi connectivity index (χ4v) is 4.37. The molecule has 3 heterocycles. The summed E-state index contributed by atoms with van der Waals surface area (Å²) in [6.45, 7) is 3.00. The Morgan fingerprint density at radius 3 is 2.66 bits per heavy atom. The van der Waals surface area contributed by atoms with E-state index in [1.54, 1.807) is 33.9 Å². The average Bonchev–Trinajstić information content (AvgIpc) is 3.31. The number of hydrogen-bond acceptors (Lipinski definition) is 6. The van der Waals surface area contributed by atoms with E-state index in [1.165, 1.54) is 0 Å². The van der Waals surface area contributed by atoms with Gasteiger partial charge in [-0.15, -0.1) is 0 Å². The van der Waals surface area contributed by atoms with Gasteiger partial charge in [-0.05, 0) is 24.1 Å². The van der Waals surface area contributed by atoms with Gasteiger partial charge in [0, 0.05) is 77.2 Å². The first kappa shape index (κ1) is 27.0. The van der Waals surface area contributed by atoms with Crippen LogP contribution in [0.5, 0.6) is 0 Å². The molecule has 0 aliphatic carbocycles. The highest BCUT2D eigenvalue weighted by Gasteiger charge is 2.28. The molecule has 1 aromatic carbocycles. The molecule has 0 atom stereocenters. The van der Waals surface area contributed by atoms with Crippen LogP contribution in [0.2, 0.25) is 0 Å². The predicted octanol–water partition coefficient (Wildman–Crippen LogP) is 2.16. The van der Waals surface area contributed by atoms with Gasteiger partial charge in [0.05, 0.1) is 6.61 Å². The van der Waals surface area contributed by atoms with Gasteiger partial charge in [0.25, 0.3) is 11.8 Å². The first-order chi connectivity index (χ1) is 18.5. The van der Waals surface area contributed by atoms with Crippen LogP contribution in [-0.4, -0.2) is 82.2 Å². The number of carbonyl (C=O) groups excluding carboxylic acids is 3. The minimum Gasteiger partial charge on any atom is -0.383 e. The van der Waals surface area contributed by atoms with Gasteiger partial charge in [-0.25, -0.2) is 0 Å². The van der Waals surface area contributed by atoms with Crippen molar-refractivity contribution in [2.45, 2.75) is 32.4 Å². The molecule has 0 saturated carbocycles. The van der Waals surface area contributed by atoms with Crippen LogP contribution in [-0.2, 0) is 29.0 Å². The molecular weight excluding hydrogens is 484 g/mol. The molecule has 3 amide bonds. The molecule has 38 heavy (non-hydrogen) atoms.